The summed E-state index contributed by atoms with van der Waals surface area (Å²) in [4.78, 5) is 24.5. The van der Waals surface area contributed by atoms with Gasteiger partial charge in [-0.05, 0) is 51.5 Å². The quantitative estimate of drug-likeness (QED) is 0.402. The van der Waals surface area contributed by atoms with E-state index in [-0.39, 0.29) is 6.09 Å². The highest BCUT2D eigenvalue weighted by Gasteiger charge is 2.29. The number of nitriles is 1. The van der Waals surface area contributed by atoms with Crippen LogP contribution in [0.15, 0.2) is 54.6 Å². The van der Waals surface area contributed by atoms with Crippen molar-refractivity contribution in [3.8, 4) is 12.0 Å². The molecule has 188 valence electrons. The lowest BCUT2D eigenvalue weighted by Gasteiger charge is -2.31. The molecule has 0 aliphatic carbocycles. The van der Waals surface area contributed by atoms with E-state index in [9.17, 15) is 10.1 Å². The van der Waals surface area contributed by atoms with Crippen LogP contribution in [0.25, 0.3) is 16.9 Å². The summed E-state index contributed by atoms with van der Waals surface area (Å²) in [6.07, 6.45) is 0.249. The molecule has 0 atom stereocenters. The van der Waals surface area contributed by atoms with Gasteiger partial charge in [0.2, 0.25) is 5.95 Å². The first-order chi connectivity index (χ1) is 17.7. The molecule has 1 aliphatic rings. The Hall–Kier alpha value is -4.38. The van der Waals surface area contributed by atoms with Crippen LogP contribution in [0.2, 0.25) is 0 Å². The lowest BCUT2D eigenvalue weighted by molar-refractivity contribution is 0.0223. The lowest BCUT2D eigenvalue weighted by Crippen LogP contribution is -2.40. The largest absolute Gasteiger partial charge is 0.444 e. The Morgan fingerprint density at radius 2 is 1.92 bits per heavy atom. The number of amides is 1. The zero-order chi connectivity index (χ0) is 26.2. The van der Waals surface area contributed by atoms with Crippen LogP contribution >= 0.6 is 0 Å². The van der Waals surface area contributed by atoms with Gasteiger partial charge < -0.3 is 15.0 Å². The molecule has 0 fully saturated rings. The van der Waals surface area contributed by atoms with Crippen LogP contribution in [0, 0.1) is 18.3 Å². The van der Waals surface area contributed by atoms with E-state index in [1.54, 1.807) is 4.90 Å². The van der Waals surface area contributed by atoms with E-state index in [0.29, 0.717) is 43.4 Å². The van der Waals surface area contributed by atoms with Gasteiger partial charge >= 0.3 is 6.09 Å². The summed E-state index contributed by atoms with van der Waals surface area (Å²) < 4.78 is 7.62. The maximum atomic E-state index is 12.8. The third-order valence-corrected chi connectivity index (χ3v) is 6.35. The fourth-order valence-electron chi connectivity index (χ4n) is 4.64. The summed E-state index contributed by atoms with van der Waals surface area (Å²) in [5.74, 6) is 1.23. The van der Waals surface area contributed by atoms with Crippen LogP contribution < -0.4 is 5.32 Å². The van der Waals surface area contributed by atoms with Gasteiger partial charge in [0.15, 0.2) is 0 Å². The number of ether oxygens (including phenoxy) is 1. The molecule has 2 aromatic heterocycles. The molecule has 0 bridgehead atoms. The SMILES string of the molecule is Cc1cc2c(C#N)cccc2n1-c1nc2c(c(NCc3ccccc3)n1)CN(C(=O)OC(C)(C)C)CC2. The molecule has 8 heteroatoms. The molecule has 0 unspecified atom stereocenters. The molecule has 1 aliphatic heterocycles. The van der Waals surface area contributed by atoms with E-state index in [0.717, 1.165) is 33.4 Å². The molecular formula is C29H30N6O2. The highest BCUT2D eigenvalue weighted by atomic mass is 16.6. The first-order valence-electron chi connectivity index (χ1n) is 12.4. The second-order valence-electron chi connectivity index (χ2n) is 10.3. The Balaban J connectivity index is 1.57. The van der Waals surface area contributed by atoms with E-state index < -0.39 is 5.60 Å². The summed E-state index contributed by atoms with van der Waals surface area (Å²) in [7, 11) is 0. The van der Waals surface area contributed by atoms with Crippen molar-refractivity contribution < 1.29 is 9.53 Å². The van der Waals surface area contributed by atoms with Crippen LogP contribution in [0.4, 0.5) is 10.6 Å². The molecule has 0 radical (unpaired) electrons. The van der Waals surface area contributed by atoms with E-state index in [2.05, 4.69) is 23.5 Å². The Labute approximate surface area is 216 Å². The molecule has 1 N–H and O–H groups in total. The van der Waals surface area contributed by atoms with Crippen molar-refractivity contribution in [3.63, 3.8) is 0 Å². The Kier molecular flexibility index (Phi) is 6.30. The number of carbonyl (C=O) groups is 1. The number of anilines is 1. The summed E-state index contributed by atoms with van der Waals surface area (Å²) in [5.41, 5.74) is 4.79. The van der Waals surface area contributed by atoms with Gasteiger partial charge in [-0.25, -0.2) is 9.78 Å². The summed E-state index contributed by atoms with van der Waals surface area (Å²) in [6, 6.07) is 20.1. The molecule has 3 heterocycles. The van der Waals surface area contributed by atoms with Crippen LogP contribution in [0.5, 0.6) is 0 Å². The van der Waals surface area contributed by atoms with Crippen molar-refractivity contribution in [1.82, 2.24) is 19.4 Å². The molecule has 2 aromatic carbocycles. The van der Waals surface area contributed by atoms with Gasteiger partial charge in [-0.3, -0.25) is 4.57 Å². The van der Waals surface area contributed by atoms with E-state index in [4.69, 9.17) is 14.7 Å². The number of nitrogens with one attached hydrogen (secondary N) is 1. The van der Waals surface area contributed by atoms with Crippen LogP contribution in [0.1, 0.15) is 48.8 Å². The third-order valence-electron chi connectivity index (χ3n) is 6.35. The number of nitrogens with zero attached hydrogens (tertiary/aromatic N) is 5. The minimum absolute atomic E-state index is 0.340. The van der Waals surface area contributed by atoms with Crippen molar-refractivity contribution in [2.24, 2.45) is 0 Å². The van der Waals surface area contributed by atoms with Crippen LogP contribution in [-0.4, -0.2) is 37.7 Å². The fraction of sp³-hybridized carbons (Fsp3) is 0.310. The average molecular weight is 495 g/mol. The van der Waals surface area contributed by atoms with E-state index >= 15 is 0 Å². The number of carbonyl (C=O) groups excluding carboxylic acids is 1. The standard InChI is InChI=1S/C29H30N6O2/c1-19-15-22-21(16-30)11-8-12-25(22)35(19)27-32-24-13-14-34(28(36)37-29(2,3)4)18-23(24)26(33-27)31-17-20-9-6-5-7-10-20/h5-12,15H,13-14,17-18H2,1-4H3,(H,31,32,33). The van der Waals surface area contributed by atoms with Gasteiger partial charge in [0.25, 0.3) is 0 Å². The number of aromatic nitrogens is 3. The lowest BCUT2D eigenvalue weighted by atomic mass is 10.1. The highest BCUT2D eigenvalue weighted by molar-refractivity contribution is 5.88. The summed E-state index contributed by atoms with van der Waals surface area (Å²) in [6.45, 7) is 9.06. The minimum atomic E-state index is -0.568. The first-order valence-corrected chi connectivity index (χ1v) is 12.4. The smallest absolute Gasteiger partial charge is 0.410 e. The number of hydrogen-bond acceptors (Lipinski definition) is 6. The zero-order valence-electron chi connectivity index (χ0n) is 21.6. The molecular weight excluding hydrogens is 464 g/mol. The first kappa shape index (κ1) is 24.3. The summed E-state index contributed by atoms with van der Waals surface area (Å²) >= 11 is 0. The molecule has 8 nitrogen and oxygen atoms in total. The van der Waals surface area contributed by atoms with Gasteiger partial charge in [-0.15, -0.1) is 0 Å². The average Bonchev–Trinajstić information content (AvgIpc) is 3.22. The van der Waals surface area contributed by atoms with Gasteiger partial charge in [0, 0.05) is 36.2 Å². The Bertz CT molecular complexity index is 1510. The van der Waals surface area contributed by atoms with Crippen molar-refractivity contribution in [1.29, 1.82) is 5.26 Å². The Morgan fingerprint density at radius 1 is 1.14 bits per heavy atom. The second kappa shape index (κ2) is 9.58. The molecule has 0 spiro atoms. The van der Waals surface area contributed by atoms with Crippen molar-refractivity contribution in [2.75, 3.05) is 11.9 Å². The number of aryl methyl sites for hydroxylation is 1. The predicted octanol–water partition coefficient (Wildman–Crippen LogP) is 5.51. The molecule has 0 saturated heterocycles. The number of rotatable bonds is 4. The Morgan fingerprint density at radius 3 is 2.65 bits per heavy atom. The van der Waals surface area contributed by atoms with Gasteiger partial charge in [-0.1, -0.05) is 36.4 Å². The van der Waals surface area contributed by atoms with Crippen LogP contribution in [0.3, 0.4) is 0 Å². The van der Waals surface area contributed by atoms with Crippen molar-refractivity contribution in [3.05, 3.63) is 82.7 Å². The number of fused-ring (bicyclic) bond motifs is 2. The maximum Gasteiger partial charge on any atom is 0.410 e. The third kappa shape index (κ3) is 4.98. The topological polar surface area (TPSA) is 96.1 Å². The monoisotopic (exact) mass is 494 g/mol. The fourth-order valence-corrected chi connectivity index (χ4v) is 4.64. The molecule has 37 heavy (non-hydrogen) atoms. The molecule has 5 rings (SSSR count). The van der Waals surface area contributed by atoms with E-state index in [1.165, 1.54) is 0 Å². The normalized spacial score (nSPS) is 13.2. The number of benzene rings is 2. The predicted molar refractivity (Wildman–Crippen MR) is 142 cm³/mol. The maximum absolute atomic E-state index is 12.8. The highest BCUT2D eigenvalue weighted by Crippen LogP contribution is 2.30. The van der Waals surface area contributed by atoms with Crippen LogP contribution in [-0.2, 0) is 24.2 Å². The van der Waals surface area contributed by atoms with Crippen molar-refractivity contribution >= 4 is 22.8 Å². The summed E-state index contributed by atoms with van der Waals surface area (Å²) in [5, 5.41) is 14.0. The number of hydrogen-bond donors (Lipinski definition) is 1. The van der Waals surface area contributed by atoms with Crippen molar-refractivity contribution in [2.45, 2.75) is 52.8 Å². The van der Waals surface area contributed by atoms with Gasteiger partial charge in [-0.2, -0.15) is 10.2 Å². The molecule has 1 amide bonds. The zero-order valence-corrected chi connectivity index (χ0v) is 21.6. The van der Waals surface area contributed by atoms with Gasteiger partial charge in [0.1, 0.15) is 11.4 Å². The van der Waals surface area contributed by atoms with Gasteiger partial charge in [0.05, 0.1) is 29.4 Å². The molecule has 4 aromatic rings. The van der Waals surface area contributed by atoms with E-state index in [1.807, 2.05) is 74.7 Å². The minimum Gasteiger partial charge on any atom is -0.444 e. The molecule has 0 saturated carbocycles. The second-order valence-corrected chi connectivity index (χ2v) is 10.3.